The van der Waals surface area contributed by atoms with Crippen molar-refractivity contribution >= 4 is 11.8 Å². The molecular formula is C11H14N2O4. The molecule has 92 valence electrons. The number of phenols is 1. The highest BCUT2D eigenvalue weighted by molar-refractivity contribution is 5.83. The van der Waals surface area contributed by atoms with Gasteiger partial charge in [-0.3, -0.25) is 20.4 Å². The molecule has 0 aliphatic heterocycles. The monoisotopic (exact) mass is 238 g/mol. The van der Waals surface area contributed by atoms with Gasteiger partial charge in [0.2, 0.25) is 5.91 Å². The minimum atomic E-state index is -0.424. The fraction of sp³-hybridized carbons (Fsp3) is 0.273. The fourth-order valence-electron chi connectivity index (χ4n) is 1.15. The Balaban J connectivity index is 2.34. The zero-order valence-corrected chi connectivity index (χ0v) is 9.40. The third kappa shape index (κ3) is 4.98. The van der Waals surface area contributed by atoms with Crippen LogP contribution in [0.25, 0.3) is 0 Å². The number of hydrazine groups is 1. The largest absolute Gasteiger partial charge is 0.508 e. The highest BCUT2D eigenvalue weighted by Gasteiger charge is 2.05. The molecule has 1 aromatic rings. The molecule has 17 heavy (non-hydrogen) atoms. The van der Waals surface area contributed by atoms with Crippen molar-refractivity contribution in [3.8, 4) is 5.75 Å². The predicted octanol–water partition coefficient (Wildman–Crippen LogP) is -0.271. The Morgan fingerprint density at radius 1 is 1.18 bits per heavy atom. The van der Waals surface area contributed by atoms with Gasteiger partial charge in [0.1, 0.15) is 12.4 Å². The van der Waals surface area contributed by atoms with Gasteiger partial charge in [-0.15, -0.1) is 0 Å². The van der Waals surface area contributed by atoms with Gasteiger partial charge >= 0.3 is 0 Å². The number of amides is 2. The maximum atomic E-state index is 11.4. The van der Waals surface area contributed by atoms with Crippen LogP contribution in [0.3, 0.4) is 0 Å². The quantitative estimate of drug-likeness (QED) is 0.630. The van der Waals surface area contributed by atoms with Crippen molar-refractivity contribution in [2.75, 3.05) is 13.7 Å². The molecule has 2 amide bonds. The lowest BCUT2D eigenvalue weighted by Crippen LogP contribution is -2.43. The van der Waals surface area contributed by atoms with Crippen molar-refractivity contribution in [1.82, 2.24) is 10.9 Å². The summed E-state index contributed by atoms with van der Waals surface area (Å²) >= 11 is 0. The van der Waals surface area contributed by atoms with E-state index in [-0.39, 0.29) is 24.7 Å². The Bertz CT molecular complexity index is 389. The second-order valence-corrected chi connectivity index (χ2v) is 3.37. The normalized spacial score (nSPS) is 9.71. The Morgan fingerprint density at radius 3 is 2.35 bits per heavy atom. The van der Waals surface area contributed by atoms with E-state index in [1.165, 1.54) is 19.2 Å². The van der Waals surface area contributed by atoms with Gasteiger partial charge in [-0.1, -0.05) is 12.1 Å². The second-order valence-electron chi connectivity index (χ2n) is 3.37. The van der Waals surface area contributed by atoms with Gasteiger partial charge in [0.05, 0.1) is 6.42 Å². The summed E-state index contributed by atoms with van der Waals surface area (Å²) in [6.45, 7) is -0.112. The number of ether oxygens (including phenoxy) is 1. The molecule has 0 radical (unpaired) electrons. The first-order valence-electron chi connectivity index (χ1n) is 4.96. The van der Waals surface area contributed by atoms with Crippen LogP contribution in [0.5, 0.6) is 5.75 Å². The predicted molar refractivity (Wildman–Crippen MR) is 60.0 cm³/mol. The van der Waals surface area contributed by atoms with Crippen LogP contribution < -0.4 is 10.9 Å². The Hall–Kier alpha value is -2.08. The van der Waals surface area contributed by atoms with Crippen LogP contribution >= 0.6 is 0 Å². The third-order valence-corrected chi connectivity index (χ3v) is 1.92. The first-order chi connectivity index (χ1) is 8.11. The SMILES string of the molecule is COCC(=O)NNC(=O)Cc1ccc(O)cc1. The summed E-state index contributed by atoms with van der Waals surface area (Å²) in [4.78, 5) is 22.3. The van der Waals surface area contributed by atoms with E-state index < -0.39 is 5.91 Å². The summed E-state index contributed by atoms with van der Waals surface area (Å²) in [5.74, 6) is -0.630. The number of hydrogen-bond donors (Lipinski definition) is 3. The number of carbonyl (C=O) groups is 2. The molecule has 0 fully saturated rings. The number of nitrogens with one attached hydrogen (secondary N) is 2. The van der Waals surface area contributed by atoms with Gasteiger partial charge < -0.3 is 9.84 Å². The molecule has 0 bridgehead atoms. The van der Waals surface area contributed by atoms with Crippen LogP contribution in [0.15, 0.2) is 24.3 Å². The van der Waals surface area contributed by atoms with E-state index in [1.807, 2.05) is 0 Å². The van der Waals surface area contributed by atoms with Crippen LogP contribution in [0.2, 0.25) is 0 Å². The first kappa shape index (κ1) is 13.0. The molecule has 1 aromatic carbocycles. The summed E-state index contributed by atoms with van der Waals surface area (Å²) in [5, 5.41) is 9.05. The number of benzene rings is 1. The Kier molecular flexibility index (Phi) is 4.96. The van der Waals surface area contributed by atoms with Crippen LogP contribution in [0, 0.1) is 0 Å². The van der Waals surface area contributed by atoms with Crippen molar-refractivity contribution < 1.29 is 19.4 Å². The molecular weight excluding hydrogens is 224 g/mol. The third-order valence-electron chi connectivity index (χ3n) is 1.92. The molecule has 3 N–H and O–H groups in total. The van der Waals surface area contributed by atoms with Crippen LogP contribution in [-0.2, 0) is 20.7 Å². The number of carbonyl (C=O) groups excluding carboxylic acids is 2. The number of phenolic OH excluding ortho intramolecular Hbond substituents is 1. The maximum absolute atomic E-state index is 11.4. The molecule has 0 saturated carbocycles. The summed E-state index contributed by atoms with van der Waals surface area (Å²) in [6, 6.07) is 6.25. The molecule has 0 spiro atoms. The zero-order chi connectivity index (χ0) is 12.7. The van der Waals surface area contributed by atoms with Gasteiger partial charge in [-0.25, -0.2) is 0 Å². The van der Waals surface area contributed by atoms with Crippen LogP contribution in [0.1, 0.15) is 5.56 Å². The molecule has 0 atom stereocenters. The summed E-state index contributed by atoms with van der Waals surface area (Å²) in [5.41, 5.74) is 5.19. The molecule has 6 heteroatoms. The van der Waals surface area contributed by atoms with Crippen LogP contribution in [0.4, 0.5) is 0 Å². The lowest BCUT2D eigenvalue weighted by atomic mass is 10.1. The molecule has 0 unspecified atom stereocenters. The number of aromatic hydroxyl groups is 1. The van der Waals surface area contributed by atoms with Crippen molar-refractivity contribution in [1.29, 1.82) is 0 Å². The summed E-state index contributed by atoms with van der Waals surface area (Å²) in [6.07, 6.45) is 0.119. The molecule has 0 saturated heterocycles. The smallest absolute Gasteiger partial charge is 0.264 e. The number of hydrogen-bond acceptors (Lipinski definition) is 4. The van der Waals surface area contributed by atoms with Crippen molar-refractivity contribution in [3.05, 3.63) is 29.8 Å². The highest BCUT2D eigenvalue weighted by Crippen LogP contribution is 2.09. The lowest BCUT2D eigenvalue weighted by Gasteiger charge is -2.06. The van der Waals surface area contributed by atoms with E-state index in [9.17, 15) is 9.59 Å². The minimum absolute atomic E-state index is 0.112. The van der Waals surface area contributed by atoms with Crippen LogP contribution in [-0.4, -0.2) is 30.6 Å². The van der Waals surface area contributed by atoms with Gasteiger partial charge in [-0.05, 0) is 17.7 Å². The van der Waals surface area contributed by atoms with Crippen molar-refractivity contribution in [2.24, 2.45) is 0 Å². The van der Waals surface area contributed by atoms with E-state index in [1.54, 1.807) is 12.1 Å². The molecule has 0 aliphatic rings. The average molecular weight is 238 g/mol. The summed E-state index contributed by atoms with van der Waals surface area (Å²) < 4.78 is 4.58. The molecule has 0 aromatic heterocycles. The van der Waals surface area contributed by atoms with Gasteiger partial charge in [0, 0.05) is 7.11 Å². The average Bonchev–Trinajstić information content (AvgIpc) is 2.30. The molecule has 0 aliphatic carbocycles. The van der Waals surface area contributed by atoms with Gasteiger partial charge in [0.25, 0.3) is 5.91 Å². The van der Waals surface area contributed by atoms with Crippen molar-refractivity contribution in [2.45, 2.75) is 6.42 Å². The maximum Gasteiger partial charge on any atom is 0.264 e. The topological polar surface area (TPSA) is 87.7 Å². The molecule has 6 nitrogen and oxygen atoms in total. The highest BCUT2D eigenvalue weighted by atomic mass is 16.5. The standard InChI is InChI=1S/C11H14N2O4/c1-17-7-11(16)13-12-10(15)6-8-2-4-9(14)5-3-8/h2-5,14H,6-7H2,1H3,(H,12,15)(H,13,16). The fourth-order valence-corrected chi connectivity index (χ4v) is 1.15. The van der Waals surface area contributed by atoms with Gasteiger partial charge in [0.15, 0.2) is 0 Å². The second kappa shape index (κ2) is 6.49. The number of rotatable bonds is 4. The van der Waals surface area contributed by atoms with E-state index in [0.29, 0.717) is 0 Å². The van der Waals surface area contributed by atoms with E-state index in [0.717, 1.165) is 5.56 Å². The van der Waals surface area contributed by atoms with E-state index in [4.69, 9.17) is 5.11 Å². The molecule has 0 heterocycles. The summed E-state index contributed by atoms with van der Waals surface area (Å²) in [7, 11) is 1.39. The first-order valence-corrected chi connectivity index (χ1v) is 4.96. The zero-order valence-electron chi connectivity index (χ0n) is 9.40. The van der Waals surface area contributed by atoms with E-state index in [2.05, 4.69) is 15.6 Å². The van der Waals surface area contributed by atoms with Gasteiger partial charge in [-0.2, -0.15) is 0 Å². The van der Waals surface area contributed by atoms with Crippen molar-refractivity contribution in [3.63, 3.8) is 0 Å². The Morgan fingerprint density at radius 2 is 1.76 bits per heavy atom. The molecule has 1 rings (SSSR count). The number of methoxy groups -OCH3 is 1. The van der Waals surface area contributed by atoms with E-state index >= 15 is 0 Å². The lowest BCUT2D eigenvalue weighted by molar-refractivity contribution is -0.130. The minimum Gasteiger partial charge on any atom is -0.508 e. The Labute approximate surface area is 98.6 Å².